The second-order valence-corrected chi connectivity index (χ2v) is 7.90. The van der Waals surface area contributed by atoms with Gasteiger partial charge in [-0.05, 0) is 48.4 Å². The lowest BCUT2D eigenvalue weighted by Crippen LogP contribution is -2.10. The average Bonchev–Trinajstić information content (AvgIpc) is 2.76. The molecule has 7 nitrogen and oxygen atoms in total. The highest BCUT2D eigenvalue weighted by Crippen LogP contribution is 2.37. The molecule has 3 rings (SSSR count). The Bertz CT molecular complexity index is 1140. The molecular weight excluding hydrogens is 459 g/mol. The molecule has 4 N–H and O–H groups in total. The van der Waals surface area contributed by atoms with Crippen LogP contribution >= 0.6 is 11.6 Å². The van der Waals surface area contributed by atoms with Crippen molar-refractivity contribution in [3.8, 4) is 0 Å². The van der Waals surface area contributed by atoms with E-state index in [4.69, 9.17) is 22.1 Å². The third-order valence-corrected chi connectivity index (χ3v) is 4.68. The quantitative estimate of drug-likeness (QED) is 0.355. The van der Waals surface area contributed by atoms with Gasteiger partial charge in [0.25, 0.3) is 0 Å². The fourth-order valence-corrected chi connectivity index (χ4v) is 2.93. The molecule has 0 bridgehead atoms. The van der Waals surface area contributed by atoms with Gasteiger partial charge >= 0.3 is 12.1 Å². The number of hydrogen-bond acceptors (Lipinski definition) is 7. The van der Waals surface area contributed by atoms with Gasteiger partial charge < -0.3 is 21.1 Å². The molecule has 1 heterocycles. The van der Waals surface area contributed by atoms with Gasteiger partial charge in [0.1, 0.15) is 12.0 Å². The van der Waals surface area contributed by atoms with E-state index in [1.807, 2.05) is 13.8 Å². The van der Waals surface area contributed by atoms with Crippen molar-refractivity contribution >= 4 is 46.3 Å². The Morgan fingerprint density at radius 2 is 1.64 bits per heavy atom. The first-order valence-electron chi connectivity index (χ1n) is 9.83. The summed E-state index contributed by atoms with van der Waals surface area (Å²) in [7, 11) is 0. The second kappa shape index (κ2) is 9.95. The number of nitrogens with one attached hydrogen (secondary N) is 2. The Labute approximate surface area is 193 Å². The zero-order valence-corrected chi connectivity index (χ0v) is 18.5. The molecule has 0 unspecified atom stereocenters. The molecule has 2 aromatic carbocycles. The lowest BCUT2D eigenvalue weighted by Gasteiger charge is -2.15. The van der Waals surface area contributed by atoms with E-state index < -0.39 is 22.7 Å². The minimum atomic E-state index is -4.61. The minimum Gasteiger partial charge on any atom is -0.462 e. The van der Waals surface area contributed by atoms with E-state index in [2.05, 4.69) is 20.6 Å². The number of esters is 1. The number of hydrogen-bond donors (Lipinski definition) is 3. The summed E-state index contributed by atoms with van der Waals surface area (Å²) in [6.07, 6.45) is -3.40. The van der Waals surface area contributed by atoms with E-state index in [0.29, 0.717) is 17.9 Å². The van der Waals surface area contributed by atoms with E-state index in [9.17, 15) is 18.0 Å². The number of ether oxygens (including phenoxy) is 1. The Hall–Kier alpha value is -3.53. The van der Waals surface area contributed by atoms with Gasteiger partial charge in [-0.25, -0.2) is 14.8 Å². The van der Waals surface area contributed by atoms with Crippen LogP contribution in [-0.4, -0.2) is 22.5 Å². The van der Waals surface area contributed by atoms with Gasteiger partial charge in [-0.3, -0.25) is 0 Å². The number of alkyl halides is 3. The smallest absolute Gasteiger partial charge is 0.417 e. The summed E-state index contributed by atoms with van der Waals surface area (Å²) in [5.41, 5.74) is 6.29. The topological polar surface area (TPSA) is 102 Å². The number of anilines is 5. The van der Waals surface area contributed by atoms with Crippen LogP contribution in [-0.2, 0) is 10.9 Å². The number of rotatable bonds is 7. The van der Waals surface area contributed by atoms with Gasteiger partial charge in [0.05, 0.1) is 22.8 Å². The Morgan fingerprint density at radius 1 is 1.06 bits per heavy atom. The molecular formula is C22H21ClF3N5O2. The summed E-state index contributed by atoms with van der Waals surface area (Å²) in [5, 5.41) is 5.33. The van der Waals surface area contributed by atoms with Gasteiger partial charge in [-0.2, -0.15) is 13.2 Å². The Balaban J connectivity index is 1.75. The normalized spacial score (nSPS) is 11.4. The number of aromatic nitrogens is 2. The molecule has 0 aliphatic rings. The third kappa shape index (κ3) is 6.26. The molecule has 0 fully saturated rings. The first kappa shape index (κ1) is 24.1. The highest BCUT2D eigenvalue weighted by molar-refractivity contribution is 6.31. The molecule has 11 heteroatoms. The van der Waals surface area contributed by atoms with Crippen LogP contribution in [0.25, 0.3) is 0 Å². The number of benzene rings is 2. The fraction of sp³-hybridized carbons (Fsp3) is 0.227. The van der Waals surface area contributed by atoms with Crippen LogP contribution in [0.2, 0.25) is 5.02 Å². The molecule has 33 heavy (non-hydrogen) atoms. The predicted molar refractivity (Wildman–Crippen MR) is 121 cm³/mol. The minimum absolute atomic E-state index is 0.0847. The van der Waals surface area contributed by atoms with E-state index in [0.717, 1.165) is 12.1 Å². The highest BCUT2D eigenvalue weighted by atomic mass is 35.5. The van der Waals surface area contributed by atoms with E-state index in [-0.39, 0.29) is 28.9 Å². The van der Waals surface area contributed by atoms with Crippen molar-refractivity contribution in [3.05, 3.63) is 64.9 Å². The van der Waals surface area contributed by atoms with Gasteiger partial charge in [-0.1, -0.05) is 25.4 Å². The summed E-state index contributed by atoms with van der Waals surface area (Å²) in [4.78, 5) is 20.1. The average molecular weight is 480 g/mol. The molecule has 0 aliphatic heterocycles. The molecule has 0 amide bonds. The van der Waals surface area contributed by atoms with Crippen molar-refractivity contribution in [1.82, 2.24) is 9.97 Å². The Kier molecular flexibility index (Phi) is 7.27. The lowest BCUT2D eigenvalue weighted by atomic mass is 10.2. The van der Waals surface area contributed by atoms with Crippen LogP contribution in [0.4, 0.5) is 41.9 Å². The zero-order chi connectivity index (χ0) is 24.2. The third-order valence-electron chi connectivity index (χ3n) is 4.35. The summed E-state index contributed by atoms with van der Waals surface area (Å²) < 4.78 is 44.5. The Morgan fingerprint density at radius 3 is 2.21 bits per heavy atom. The predicted octanol–water partition coefficient (Wildman–Crippen LogP) is 6.03. The van der Waals surface area contributed by atoms with E-state index in [1.165, 1.54) is 12.4 Å². The lowest BCUT2D eigenvalue weighted by molar-refractivity contribution is -0.137. The van der Waals surface area contributed by atoms with Crippen LogP contribution in [0.1, 0.15) is 29.8 Å². The number of carbonyl (C=O) groups excluding carboxylic acids is 1. The summed E-state index contributed by atoms with van der Waals surface area (Å²) in [6, 6.07) is 9.86. The number of nitrogens with two attached hydrogens (primary N) is 1. The van der Waals surface area contributed by atoms with Crippen molar-refractivity contribution < 1.29 is 22.7 Å². The van der Waals surface area contributed by atoms with Crippen molar-refractivity contribution in [2.75, 3.05) is 23.0 Å². The maximum absolute atomic E-state index is 13.1. The zero-order valence-electron chi connectivity index (χ0n) is 17.7. The van der Waals surface area contributed by atoms with Gasteiger partial charge in [0, 0.05) is 11.4 Å². The molecule has 174 valence electrons. The summed E-state index contributed by atoms with van der Waals surface area (Å²) in [6.45, 7) is 4.21. The molecule has 0 atom stereocenters. The first-order chi connectivity index (χ1) is 15.5. The number of nitrogens with zero attached hydrogens (tertiary/aromatic N) is 2. The summed E-state index contributed by atoms with van der Waals surface area (Å²) in [5.74, 6) is 0.139. The van der Waals surface area contributed by atoms with Gasteiger partial charge in [-0.15, -0.1) is 0 Å². The summed E-state index contributed by atoms with van der Waals surface area (Å²) >= 11 is 5.66. The largest absolute Gasteiger partial charge is 0.462 e. The molecule has 3 aromatic rings. The SMILES string of the molecule is CC(C)COC(=O)c1ccc(Nc2ncnc(Nc3ccc(Cl)c(C(F)(F)F)c3)c2N)cc1. The maximum Gasteiger partial charge on any atom is 0.417 e. The number of nitrogen functional groups attached to an aromatic ring is 1. The number of carbonyl (C=O) groups is 1. The van der Waals surface area contributed by atoms with Crippen LogP contribution in [0.3, 0.4) is 0 Å². The molecule has 0 radical (unpaired) electrons. The highest BCUT2D eigenvalue weighted by Gasteiger charge is 2.33. The van der Waals surface area contributed by atoms with Crippen molar-refractivity contribution in [2.24, 2.45) is 5.92 Å². The van der Waals surface area contributed by atoms with Gasteiger partial charge in [0.15, 0.2) is 11.6 Å². The molecule has 1 aromatic heterocycles. The van der Waals surface area contributed by atoms with Crippen LogP contribution in [0.15, 0.2) is 48.8 Å². The monoisotopic (exact) mass is 479 g/mol. The number of halogens is 4. The standard InChI is InChI=1S/C22H21ClF3N5O2/c1-12(2)10-33-21(32)13-3-5-14(6-4-13)30-19-18(27)20(29-11-28-19)31-15-7-8-17(23)16(9-15)22(24,25)26/h3-9,11-12H,10,27H2,1-2H3,(H2,28,29,30,31). The maximum atomic E-state index is 13.1. The van der Waals surface area contributed by atoms with Crippen molar-refractivity contribution in [1.29, 1.82) is 0 Å². The van der Waals surface area contributed by atoms with E-state index >= 15 is 0 Å². The van der Waals surface area contributed by atoms with Gasteiger partial charge in [0.2, 0.25) is 0 Å². The molecule has 0 saturated heterocycles. The molecule has 0 saturated carbocycles. The molecule has 0 aliphatic carbocycles. The fourth-order valence-electron chi connectivity index (χ4n) is 2.70. The van der Waals surface area contributed by atoms with Crippen LogP contribution in [0.5, 0.6) is 0 Å². The second-order valence-electron chi connectivity index (χ2n) is 7.50. The van der Waals surface area contributed by atoms with Crippen LogP contribution in [0, 0.1) is 5.92 Å². The first-order valence-corrected chi connectivity index (χ1v) is 10.2. The molecule has 0 spiro atoms. The van der Waals surface area contributed by atoms with E-state index in [1.54, 1.807) is 24.3 Å². The van der Waals surface area contributed by atoms with Crippen LogP contribution < -0.4 is 16.4 Å². The van der Waals surface area contributed by atoms with Crippen molar-refractivity contribution in [3.63, 3.8) is 0 Å². The van der Waals surface area contributed by atoms with Crippen molar-refractivity contribution in [2.45, 2.75) is 20.0 Å².